The summed E-state index contributed by atoms with van der Waals surface area (Å²) < 4.78 is 6.66. The monoisotopic (exact) mass is 326 g/mol. The van der Waals surface area contributed by atoms with E-state index in [4.69, 9.17) is 4.74 Å². The minimum atomic E-state index is -0.163. The average molecular weight is 326 g/mol. The van der Waals surface area contributed by atoms with Crippen LogP contribution in [0.25, 0.3) is 10.2 Å². The summed E-state index contributed by atoms with van der Waals surface area (Å²) in [5.41, 5.74) is 1.49. The van der Waals surface area contributed by atoms with Gasteiger partial charge in [0.05, 0.1) is 16.8 Å². The van der Waals surface area contributed by atoms with Crippen molar-refractivity contribution in [2.24, 2.45) is 0 Å². The van der Waals surface area contributed by atoms with Crippen molar-refractivity contribution in [2.45, 2.75) is 19.8 Å². The van der Waals surface area contributed by atoms with Gasteiger partial charge in [-0.2, -0.15) is 0 Å². The van der Waals surface area contributed by atoms with E-state index < -0.39 is 0 Å². The smallest absolute Gasteiger partial charge is 0.257 e. The predicted octanol–water partition coefficient (Wildman–Crippen LogP) is 4.73. The number of amides is 1. The minimum Gasteiger partial charge on any atom is -0.494 e. The van der Waals surface area contributed by atoms with E-state index in [-0.39, 0.29) is 5.91 Å². The molecular weight excluding hydrogens is 308 g/mol. The molecular formula is C18H18N2O2S. The van der Waals surface area contributed by atoms with E-state index in [0.29, 0.717) is 17.3 Å². The number of carbonyl (C=O) groups is 1. The zero-order valence-electron chi connectivity index (χ0n) is 12.9. The number of fused-ring (bicyclic) bond motifs is 1. The summed E-state index contributed by atoms with van der Waals surface area (Å²) in [5.74, 6) is 0.624. The molecule has 0 aliphatic heterocycles. The highest BCUT2D eigenvalue weighted by Crippen LogP contribution is 2.25. The molecule has 0 bridgehead atoms. The molecule has 0 fully saturated rings. The number of aromatic nitrogens is 1. The SMILES string of the molecule is CCCCOc1ccc(C(=O)Nc2nc3ccccc3s2)cc1. The number of benzene rings is 2. The lowest BCUT2D eigenvalue weighted by Crippen LogP contribution is -2.11. The topological polar surface area (TPSA) is 51.2 Å². The number of anilines is 1. The van der Waals surface area contributed by atoms with Crippen molar-refractivity contribution >= 4 is 32.6 Å². The Kier molecular flexibility index (Phi) is 4.88. The molecule has 0 radical (unpaired) electrons. The van der Waals surface area contributed by atoms with Crippen LogP contribution in [0.1, 0.15) is 30.1 Å². The number of ether oxygens (including phenoxy) is 1. The zero-order chi connectivity index (χ0) is 16.1. The molecule has 0 saturated carbocycles. The summed E-state index contributed by atoms with van der Waals surface area (Å²) in [6.45, 7) is 2.83. The third kappa shape index (κ3) is 3.87. The molecule has 0 aliphatic carbocycles. The van der Waals surface area contributed by atoms with E-state index in [9.17, 15) is 4.79 Å². The Balaban J connectivity index is 1.65. The van der Waals surface area contributed by atoms with Crippen LogP contribution in [0.5, 0.6) is 5.75 Å². The van der Waals surface area contributed by atoms with Gasteiger partial charge in [-0.25, -0.2) is 4.98 Å². The number of thiazole rings is 1. The first-order valence-electron chi connectivity index (χ1n) is 7.66. The van der Waals surface area contributed by atoms with Gasteiger partial charge in [-0.1, -0.05) is 36.8 Å². The van der Waals surface area contributed by atoms with E-state index in [1.165, 1.54) is 11.3 Å². The lowest BCUT2D eigenvalue weighted by Gasteiger charge is -2.06. The highest BCUT2D eigenvalue weighted by molar-refractivity contribution is 7.22. The molecule has 2 aromatic carbocycles. The second-order valence-corrected chi connectivity index (χ2v) is 6.20. The van der Waals surface area contributed by atoms with E-state index in [1.807, 2.05) is 36.4 Å². The van der Waals surface area contributed by atoms with Crippen LogP contribution in [0.15, 0.2) is 48.5 Å². The van der Waals surface area contributed by atoms with E-state index in [2.05, 4.69) is 17.2 Å². The first-order chi connectivity index (χ1) is 11.3. The third-order valence-electron chi connectivity index (χ3n) is 3.40. The summed E-state index contributed by atoms with van der Waals surface area (Å²) in [7, 11) is 0. The molecule has 4 nitrogen and oxygen atoms in total. The molecule has 1 N–H and O–H groups in total. The van der Waals surface area contributed by atoms with Crippen LogP contribution < -0.4 is 10.1 Å². The Morgan fingerprint density at radius 3 is 2.70 bits per heavy atom. The predicted molar refractivity (Wildman–Crippen MR) is 94.4 cm³/mol. The fourth-order valence-electron chi connectivity index (χ4n) is 2.13. The Bertz CT molecular complexity index is 763. The molecule has 118 valence electrons. The highest BCUT2D eigenvalue weighted by atomic mass is 32.1. The van der Waals surface area contributed by atoms with Crippen molar-refractivity contribution < 1.29 is 9.53 Å². The largest absolute Gasteiger partial charge is 0.494 e. The van der Waals surface area contributed by atoms with Crippen molar-refractivity contribution in [3.05, 3.63) is 54.1 Å². The summed E-state index contributed by atoms with van der Waals surface area (Å²) in [6.07, 6.45) is 2.13. The van der Waals surface area contributed by atoms with E-state index in [0.717, 1.165) is 28.8 Å². The van der Waals surface area contributed by atoms with Crippen LogP contribution in [0.4, 0.5) is 5.13 Å². The molecule has 0 atom stereocenters. The summed E-state index contributed by atoms with van der Waals surface area (Å²) in [6, 6.07) is 15.0. The van der Waals surface area contributed by atoms with Crippen LogP contribution in [0.3, 0.4) is 0 Å². The van der Waals surface area contributed by atoms with E-state index in [1.54, 1.807) is 12.1 Å². The third-order valence-corrected chi connectivity index (χ3v) is 4.35. The van der Waals surface area contributed by atoms with Crippen molar-refractivity contribution in [3.8, 4) is 5.75 Å². The van der Waals surface area contributed by atoms with E-state index >= 15 is 0 Å². The fraction of sp³-hybridized carbons (Fsp3) is 0.222. The van der Waals surface area contributed by atoms with Crippen molar-refractivity contribution in [3.63, 3.8) is 0 Å². The summed E-state index contributed by atoms with van der Waals surface area (Å²) in [5, 5.41) is 3.46. The Labute approximate surface area is 139 Å². The molecule has 0 unspecified atom stereocenters. The van der Waals surface area contributed by atoms with Gasteiger partial charge in [0.25, 0.3) is 5.91 Å². The molecule has 1 heterocycles. The summed E-state index contributed by atoms with van der Waals surface area (Å²) >= 11 is 1.47. The van der Waals surface area contributed by atoms with Gasteiger partial charge in [-0.15, -0.1) is 0 Å². The number of rotatable bonds is 6. The van der Waals surface area contributed by atoms with Gasteiger partial charge in [0.1, 0.15) is 5.75 Å². The van der Waals surface area contributed by atoms with Gasteiger partial charge in [-0.05, 0) is 42.8 Å². The molecule has 1 aromatic heterocycles. The van der Waals surface area contributed by atoms with Crippen molar-refractivity contribution in [1.82, 2.24) is 4.98 Å². The lowest BCUT2D eigenvalue weighted by molar-refractivity contribution is 0.102. The van der Waals surface area contributed by atoms with Crippen LogP contribution >= 0.6 is 11.3 Å². The van der Waals surface area contributed by atoms with Gasteiger partial charge in [0.15, 0.2) is 5.13 Å². The molecule has 23 heavy (non-hydrogen) atoms. The highest BCUT2D eigenvalue weighted by Gasteiger charge is 2.09. The molecule has 1 amide bonds. The second kappa shape index (κ2) is 7.24. The van der Waals surface area contributed by atoms with Crippen LogP contribution in [-0.2, 0) is 0 Å². The number of hydrogen-bond donors (Lipinski definition) is 1. The number of para-hydroxylation sites is 1. The first-order valence-corrected chi connectivity index (χ1v) is 8.47. The quantitative estimate of drug-likeness (QED) is 0.666. The van der Waals surface area contributed by atoms with Crippen LogP contribution in [0, 0.1) is 0 Å². The van der Waals surface area contributed by atoms with Crippen molar-refractivity contribution in [2.75, 3.05) is 11.9 Å². The second-order valence-electron chi connectivity index (χ2n) is 5.17. The van der Waals surface area contributed by atoms with Crippen LogP contribution in [0.2, 0.25) is 0 Å². The number of carbonyl (C=O) groups excluding carboxylic acids is 1. The van der Waals surface area contributed by atoms with Gasteiger partial charge < -0.3 is 4.74 Å². The number of hydrogen-bond acceptors (Lipinski definition) is 4. The van der Waals surface area contributed by atoms with Gasteiger partial charge >= 0.3 is 0 Å². The average Bonchev–Trinajstić information content (AvgIpc) is 2.98. The van der Waals surface area contributed by atoms with Gasteiger partial charge in [0, 0.05) is 5.56 Å². The Morgan fingerprint density at radius 2 is 1.96 bits per heavy atom. The first kappa shape index (κ1) is 15.5. The number of nitrogens with zero attached hydrogens (tertiary/aromatic N) is 1. The molecule has 0 saturated heterocycles. The molecule has 0 aliphatic rings. The standard InChI is InChI=1S/C18H18N2O2S/c1-2-3-12-22-14-10-8-13(9-11-14)17(21)20-18-19-15-6-4-5-7-16(15)23-18/h4-11H,2-3,12H2,1H3,(H,19,20,21). The van der Waals surface area contributed by atoms with Crippen LogP contribution in [-0.4, -0.2) is 17.5 Å². The van der Waals surface area contributed by atoms with Gasteiger partial charge in [0.2, 0.25) is 0 Å². The Morgan fingerprint density at radius 1 is 1.17 bits per heavy atom. The Hall–Kier alpha value is -2.40. The maximum Gasteiger partial charge on any atom is 0.257 e. The van der Waals surface area contributed by atoms with Gasteiger partial charge in [-0.3, -0.25) is 10.1 Å². The number of unbranched alkanes of at least 4 members (excludes halogenated alkanes) is 1. The van der Waals surface area contributed by atoms with Crippen molar-refractivity contribution in [1.29, 1.82) is 0 Å². The molecule has 5 heteroatoms. The fourth-order valence-corrected chi connectivity index (χ4v) is 2.99. The summed E-state index contributed by atoms with van der Waals surface area (Å²) in [4.78, 5) is 16.7. The molecule has 0 spiro atoms. The minimum absolute atomic E-state index is 0.163. The number of nitrogens with one attached hydrogen (secondary N) is 1. The maximum absolute atomic E-state index is 12.3. The lowest BCUT2D eigenvalue weighted by atomic mass is 10.2. The molecule has 3 aromatic rings. The molecule has 3 rings (SSSR count). The normalized spacial score (nSPS) is 10.7. The zero-order valence-corrected chi connectivity index (χ0v) is 13.7. The maximum atomic E-state index is 12.3.